The molecule has 188 valence electrons. The third-order valence-electron chi connectivity index (χ3n) is 5.83. The Morgan fingerprint density at radius 3 is 2.50 bits per heavy atom. The van der Waals surface area contributed by atoms with Gasteiger partial charge in [-0.1, -0.05) is 0 Å². The summed E-state index contributed by atoms with van der Waals surface area (Å²) < 4.78 is 57.9. The van der Waals surface area contributed by atoms with E-state index in [1.54, 1.807) is 19.1 Å². The van der Waals surface area contributed by atoms with Crippen LogP contribution >= 0.6 is 0 Å². The summed E-state index contributed by atoms with van der Waals surface area (Å²) in [5.74, 6) is 0.467. The second-order valence-corrected chi connectivity index (χ2v) is 10.9. The lowest BCUT2D eigenvalue weighted by molar-refractivity contribution is -0.117. The largest absolute Gasteiger partial charge is 0.461 e. The van der Waals surface area contributed by atoms with Crippen molar-refractivity contribution in [3.8, 4) is 11.3 Å². The summed E-state index contributed by atoms with van der Waals surface area (Å²) in [5, 5.41) is 5.69. The van der Waals surface area contributed by atoms with Crippen LogP contribution in [0, 0.1) is 19.8 Å². The molecule has 0 bridgehead atoms. The molecule has 0 aliphatic heterocycles. The standard InChI is InChI=1S/C24H23F2N5O4S/c1-11-8-12(2)35-20(11)14-6-7-15(17(9-14)36(3,33)34)27-16-10-18(29-24(32)13-4-5-13)28-22-19(16)30-23(31-22)21(25)26/h6-10,13,21H,4-5H2,1-3H3,(H3,27,28,29,30,31,32). The normalized spacial score (nSPS) is 13.9. The zero-order valence-corrected chi connectivity index (χ0v) is 20.5. The molecule has 0 radical (unpaired) electrons. The van der Waals surface area contributed by atoms with E-state index >= 15 is 0 Å². The van der Waals surface area contributed by atoms with E-state index in [1.165, 1.54) is 12.1 Å². The summed E-state index contributed by atoms with van der Waals surface area (Å²) in [5.41, 5.74) is 1.95. The minimum atomic E-state index is -3.72. The molecule has 1 amide bonds. The predicted molar refractivity (Wildman–Crippen MR) is 130 cm³/mol. The van der Waals surface area contributed by atoms with Gasteiger partial charge >= 0.3 is 0 Å². The lowest BCUT2D eigenvalue weighted by Crippen LogP contribution is -2.14. The molecule has 1 aliphatic rings. The molecule has 1 aromatic carbocycles. The van der Waals surface area contributed by atoms with Crippen LogP contribution < -0.4 is 10.6 Å². The van der Waals surface area contributed by atoms with Crippen molar-refractivity contribution in [1.82, 2.24) is 15.0 Å². The number of aromatic amines is 1. The molecular formula is C24H23F2N5O4S. The van der Waals surface area contributed by atoms with Crippen molar-refractivity contribution in [3.05, 3.63) is 47.5 Å². The van der Waals surface area contributed by atoms with Crippen molar-refractivity contribution < 1.29 is 26.4 Å². The fourth-order valence-electron chi connectivity index (χ4n) is 3.99. The molecule has 4 aromatic rings. The van der Waals surface area contributed by atoms with E-state index in [0.29, 0.717) is 17.1 Å². The van der Waals surface area contributed by atoms with Crippen molar-refractivity contribution in [2.75, 3.05) is 16.9 Å². The van der Waals surface area contributed by atoms with Crippen LogP contribution in [0.2, 0.25) is 0 Å². The minimum absolute atomic E-state index is 0.0217. The first-order valence-electron chi connectivity index (χ1n) is 11.2. The van der Waals surface area contributed by atoms with Gasteiger partial charge in [0.05, 0.1) is 16.3 Å². The van der Waals surface area contributed by atoms with Crippen molar-refractivity contribution in [1.29, 1.82) is 0 Å². The Balaban J connectivity index is 1.60. The van der Waals surface area contributed by atoms with Gasteiger partial charge in [-0.15, -0.1) is 0 Å². The molecule has 12 heteroatoms. The number of fused-ring (bicyclic) bond motifs is 1. The van der Waals surface area contributed by atoms with Gasteiger partial charge in [0.25, 0.3) is 6.43 Å². The zero-order chi connectivity index (χ0) is 25.8. The maximum Gasteiger partial charge on any atom is 0.295 e. The van der Waals surface area contributed by atoms with Gasteiger partial charge < -0.3 is 20.0 Å². The first-order chi connectivity index (χ1) is 17.0. The van der Waals surface area contributed by atoms with Gasteiger partial charge in [-0.3, -0.25) is 4.79 Å². The fourth-order valence-corrected chi connectivity index (χ4v) is 4.85. The molecule has 1 fully saturated rings. The number of halogens is 2. The molecule has 3 N–H and O–H groups in total. The molecule has 3 heterocycles. The van der Waals surface area contributed by atoms with Gasteiger partial charge in [0.2, 0.25) is 5.91 Å². The Morgan fingerprint density at radius 2 is 1.89 bits per heavy atom. The molecule has 1 aliphatic carbocycles. The lowest BCUT2D eigenvalue weighted by Gasteiger charge is -2.14. The van der Waals surface area contributed by atoms with Crippen molar-refractivity contribution in [2.45, 2.75) is 38.0 Å². The SMILES string of the molecule is Cc1cc(C)c(-c2ccc(Nc3cc(NC(=O)C4CC4)nc4[nH]c(C(F)F)nc34)c(S(C)(=O)=O)c2)o1. The molecule has 0 spiro atoms. The van der Waals surface area contributed by atoms with Gasteiger partial charge in [0.15, 0.2) is 21.3 Å². The number of furan rings is 1. The predicted octanol–water partition coefficient (Wildman–Crippen LogP) is 5.27. The number of rotatable bonds is 7. The number of amides is 1. The molecule has 0 unspecified atom stereocenters. The number of carbonyl (C=O) groups is 1. The van der Waals surface area contributed by atoms with E-state index in [0.717, 1.165) is 24.7 Å². The van der Waals surface area contributed by atoms with Crippen LogP contribution in [0.4, 0.5) is 26.0 Å². The number of nitrogens with zero attached hydrogens (tertiary/aromatic N) is 2. The highest BCUT2D eigenvalue weighted by molar-refractivity contribution is 7.90. The number of anilines is 3. The number of aromatic nitrogens is 3. The molecule has 1 saturated carbocycles. The maximum absolute atomic E-state index is 13.3. The summed E-state index contributed by atoms with van der Waals surface area (Å²) in [6, 6.07) is 8.06. The summed E-state index contributed by atoms with van der Waals surface area (Å²) in [7, 11) is -3.72. The molecule has 0 saturated heterocycles. The van der Waals surface area contributed by atoms with E-state index < -0.39 is 22.1 Å². The highest BCUT2D eigenvalue weighted by atomic mass is 32.2. The number of nitrogens with one attached hydrogen (secondary N) is 3. The topological polar surface area (TPSA) is 130 Å². The fraction of sp³-hybridized carbons (Fsp3) is 0.292. The van der Waals surface area contributed by atoms with Gasteiger partial charge in [-0.05, 0) is 56.5 Å². The number of aryl methyl sites for hydroxylation is 2. The Kier molecular flexibility index (Phi) is 5.78. The summed E-state index contributed by atoms with van der Waals surface area (Å²) in [6.45, 7) is 3.66. The number of hydrogen-bond acceptors (Lipinski definition) is 7. The molecule has 5 rings (SSSR count). The van der Waals surface area contributed by atoms with Gasteiger partial charge in [0, 0.05) is 23.8 Å². The van der Waals surface area contributed by atoms with E-state index in [4.69, 9.17) is 4.42 Å². The zero-order valence-electron chi connectivity index (χ0n) is 19.6. The Labute approximate surface area is 205 Å². The van der Waals surface area contributed by atoms with E-state index in [1.807, 2.05) is 13.0 Å². The van der Waals surface area contributed by atoms with Gasteiger partial charge in [-0.2, -0.15) is 0 Å². The van der Waals surface area contributed by atoms with Crippen LogP contribution in [-0.2, 0) is 14.6 Å². The third kappa shape index (κ3) is 4.68. The summed E-state index contributed by atoms with van der Waals surface area (Å²) in [4.78, 5) is 22.9. The van der Waals surface area contributed by atoms with Gasteiger partial charge in [0.1, 0.15) is 22.9 Å². The number of carbonyl (C=O) groups excluding carboxylic acids is 1. The summed E-state index contributed by atoms with van der Waals surface area (Å²) in [6.07, 6.45) is -0.248. The third-order valence-corrected chi connectivity index (χ3v) is 6.97. The quantitative estimate of drug-likeness (QED) is 0.306. The highest BCUT2D eigenvalue weighted by Gasteiger charge is 2.30. The van der Waals surface area contributed by atoms with E-state index in [2.05, 4.69) is 25.6 Å². The van der Waals surface area contributed by atoms with Crippen molar-refractivity contribution >= 4 is 44.1 Å². The van der Waals surface area contributed by atoms with E-state index in [9.17, 15) is 22.0 Å². The Hall–Kier alpha value is -3.80. The van der Waals surface area contributed by atoms with Crippen LogP contribution in [0.1, 0.15) is 36.4 Å². The second-order valence-electron chi connectivity index (χ2n) is 8.92. The molecule has 9 nitrogen and oxygen atoms in total. The number of alkyl halides is 2. The summed E-state index contributed by atoms with van der Waals surface area (Å²) >= 11 is 0. The molecule has 36 heavy (non-hydrogen) atoms. The number of sulfone groups is 1. The number of H-pyrrole nitrogens is 1. The monoisotopic (exact) mass is 515 g/mol. The number of pyridine rings is 1. The Morgan fingerprint density at radius 1 is 1.14 bits per heavy atom. The number of benzene rings is 1. The van der Waals surface area contributed by atoms with Crippen LogP contribution in [0.25, 0.3) is 22.5 Å². The maximum atomic E-state index is 13.3. The second kappa shape index (κ2) is 8.70. The first-order valence-corrected chi connectivity index (χ1v) is 13.1. The van der Waals surface area contributed by atoms with Crippen LogP contribution in [0.3, 0.4) is 0 Å². The van der Waals surface area contributed by atoms with Gasteiger partial charge in [-0.25, -0.2) is 27.2 Å². The molecule has 3 aromatic heterocycles. The molecular weight excluding hydrogens is 492 g/mol. The van der Waals surface area contributed by atoms with Crippen LogP contribution in [0.15, 0.2) is 39.6 Å². The van der Waals surface area contributed by atoms with Crippen molar-refractivity contribution in [3.63, 3.8) is 0 Å². The van der Waals surface area contributed by atoms with Crippen LogP contribution in [-0.4, -0.2) is 35.5 Å². The number of imidazole rings is 1. The highest BCUT2D eigenvalue weighted by Crippen LogP contribution is 2.36. The number of hydrogen-bond donors (Lipinski definition) is 3. The smallest absolute Gasteiger partial charge is 0.295 e. The minimum Gasteiger partial charge on any atom is -0.461 e. The first kappa shape index (κ1) is 23.9. The molecule has 0 atom stereocenters. The van der Waals surface area contributed by atoms with Crippen molar-refractivity contribution in [2.24, 2.45) is 5.92 Å². The average Bonchev–Trinajstić information content (AvgIpc) is 3.47. The Bertz CT molecular complexity index is 1610. The lowest BCUT2D eigenvalue weighted by atomic mass is 10.1. The average molecular weight is 516 g/mol. The van der Waals surface area contributed by atoms with E-state index in [-0.39, 0.29) is 45.1 Å². The van der Waals surface area contributed by atoms with Crippen LogP contribution in [0.5, 0.6) is 0 Å².